The monoisotopic (exact) mass is 594 g/mol. The molecule has 4 aromatic rings. The second-order valence-corrected chi connectivity index (χ2v) is 10.9. The van der Waals surface area contributed by atoms with Crippen molar-refractivity contribution in [2.75, 3.05) is 22.3 Å². The summed E-state index contributed by atoms with van der Waals surface area (Å²) in [5, 5.41) is 9.51. The summed E-state index contributed by atoms with van der Waals surface area (Å²) in [5.74, 6) is 0.181. The summed E-state index contributed by atoms with van der Waals surface area (Å²) < 4.78 is 26.4. The maximum Gasteiger partial charge on any atom is 0.227 e. The van der Waals surface area contributed by atoms with Gasteiger partial charge in [0.1, 0.15) is 23.9 Å². The molecule has 1 atom stereocenters. The molecule has 1 heterocycles. The number of carbonyl (C=O) groups is 2. The molecule has 44 heavy (non-hydrogen) atoms. The zero-order valence-electron chi connectivity index (χ0n) is 25.4. The largest absolute Gasteiger partial charge is 0.494 e. The van der Waals surface area contributed by atoms with Gasteiger partial charge in [-0.05, 0) is 43.3 Å². The number of halogens is 1. The second kappa shape index (κ2) is 13.0. The van der Waals surface area contributed by atoms with Crippen molar-refractivity contribution in [2.24, 2.45) is 11.0 Å². The Kier molecular flexibility index (Phi) is 8.94. The lowest BCUT2D eigenvalue weighted by Gasteiger charge is -2.33. The van der Waals surface area contributed by atoms with Crippen molar-refractivity contribution >= 4 is 34.6 Å². The Morgan fingerprint density at radius 1 is 0.932 bits per heavy atom. The highest BCUT2D eigenvalue weighted by Crippen LogP contribution is 2.44. The van der Waals surface area contributed by atoms with E-state index in [-0.39, 0.29) is 35.9 Å². The number of hydrogen-bond acceptors (Lipinski definition) is 7. The van der Waals surface area contributed by atoms with Gasteiger partial charge in [0.2, 0.25) is 5.91 Å². The summed E-state index contributed by atoms with van der Waals surface area (Å²) >= 11 is 0. The molecule has 1 unspecified atom stereocenters. The zero-order chi connectivity index (χ0) is 31.4. The van der Waals surface area contributed by atoms with Gasteiger partial charge in [-0.3, -0.25) is 14.5 Å². The van der Waals surface area contributed by atoms with Crippen molar-refractivity contribution in [1.29, 1.82) is 0 Å². The van der Waals surface area contributed by atoms with E-state index >= 15 is 0 Å². The maximum atomic E-state index is 14.5. The molecule has 0 aliphatic carbocycles. The summed E-state index contributed by atoms with van der Waals surface area (Å²) in [5.41, 5.74) is 4.09. The van der Waals surface area contributed by atoms with Crippen molar-refractivity contribution in [3.63, 3.8) is 0 Å². The Bertz CT molecular complexity index is 1700. The highest BCUT2D eigenvalue weighted by Gasteiger charge is 2.41. The summed E-state index contributed by atoms with van der Waals surface area (Å²) in [4.78, 5) is 27.4. The molecule has 1 aliphatic rings. The fourth-order valence-electron chi connectivity index (χ4n) is 4.91. The van der Waals surface area contributed by atoms with Crippen LogP contribution in [0.1, 0.15) is 43.6 Å². The van der Waals surface area contributed by atoms with Gasteiger partial charge in [0.05, 0.1) is 18.5 Å². The van der Waals surface area contributed by atoms with Crippen LogP contribution in [-0.4, -0.2) is 24.6 Å². The third kappa shape index (κ3) is 6.27. The number of carbonyl (C=O) groups excluding carboxylic acids is 2. The van der Waals surface area contributed by atoms with Crippen LogP contribution in [0.15, 0.2) is 96.1 Å². The van der Waals surface area contributed by atoms with E-state index in [2.05, 4.69) is 5.32 Å². The van der Waals surface area contributed by atoms with Gasteiger partial charge < -0.3 is 14.8 Å². The molecule has 8 nitrogen and oxygen atoms in total. The SMILES string of the molecule is COc1cc(N2C(C(C)=O)=NN(c3ccc(C)cc3)C2c2ccccc2OCc2ccccc2F)ccc1NC(=O)C(C)C. The molecule has 0 bridgehead atoms. The van der Waals surface area contributed by atoms with E-state index in [1.807, 2.05) is 80.3 Å². The Morgan fingerprint density at radius 3 is 2.30 bits per heavy atom. The molecule has 0 fully saturated rings. The zero-order valence-corrected chi connectivity index (χ0v) is 25.4. The minimum atomic E-state index is -0.658. The third-order valence-electron chi connectivity index (χ3n) is 7.30. The quantitative estimate of drug-likeness (QED) is 0.208. The van der Waals surface area contributed by atoms with Gasteiger partial charge in [-0.1, -0.05) is 67.9 Å². The number of para-hydroxylation sites is 1. The average molecular weight is 595 g/mol. The topological polar surface area (TPSA) is 83.5 Å². The lowest BCUT2D eigenvalue weighted by Crippen LogP contribution is -2.38. The van der Waals surface area contributed by atoms with Crippen LogP contribution in [0.4, 0.5) is 21.5 Å². The van der Waals surface area contributed by atoms with Crippen LogP contribution in [0.3, 0.4) is 0 Å². The van der Waals surface area contributed by atoms with Gasteiger partial charge >= 0.3 is 0 Å². The van der Waals surface area contributed by atoms with Crippen LogP contribution in [0, 0.1) is 18.7 Å². The van der Waals surface area contributed by atoms with Crippen molar-refractivity contribution in [1.82, 2.24) is 0 Å². The maximum absolute atomic E-state index is 14.5. The Labute approximate surface area is 256 Å². The van der Waals surface area contributed by atoms with Crippen LogP contribution in [0.2, 0.25) is 0 Å². The number of amides is 1. The number of Topliss-reactive ketones (excluding diaryl/α,β-unsaturated/α-hetero) is 1. The second-order valence-electron chi connectivity index (χ2n) is 10.9. The highest BCUT2D eigenvalue weighted by molar-refractivity contribution is 6.44. The molecule has 0 aromatic heterocycles. The molecule has 9 heteroatoms. The van der Waals surface area contributed by atoms with Crippen LogP contribution in [0.5, 0.6) is 11.5 Å². The molecule has 1 aliphatic heterocycles. The van der Waals surface area contributed by atoms with E-state index in [1.54, 1.807) is 35.3 Å². The van der Waals surface area contributed by atoms with E-state index in [0.29, 0.717) is 34.0 Å². The Hall–Kier alpha value is -5.18. The number of hydrogen-bond donors (Lipinski definition) is 1. The van der Waals surface area contributed by atoms with Gasteiger partial charge in [-0.15, -0.1) is 5.10 Å². The first-order valence-electron chi connectivity index (χ1n) is 14.4. The number of ether oxygens (including phenoxy) is 2. The van der Waals surface area contributed by atoms with E-state index in [0.717, 1.165) is 11.3 Å². The van der Waals surface area contributed by atoms with Gasteiger partial charge in [0.15, 0.2) is 17.8 Å². The predicted octanol–water partition coefficient (Wildman–Crippen LogP) is 7.24. The summed E-state index contributed by atoms with van der Waals surface area (Å²) in [6.45, 7) is 7.10. The molecule has 4 aromatic carbocycles. The lowest BCUT2D eigenvalue weighted by atomic mass is 10.1. The van der Waals surface area contributed by atoms with Crippen LogP contribution in [-0.2, 0) is 16.2 Å². The first-order chi connectivity index (χ1) is 21.2. The molecule has 226 valence electrons. The number of benzene rings is 4. The number of rotatable bonds is 10. The smallest absolute Gasteiger partial charge is 0.227 e. The van der Waals surface area contributed by atoms with Crippen molar-refractivity contribution in [3.8, 4) is 11.5 Å². The molecular weight excluding hydrogens is 559 g/mol. The van der Waals surface area contributed by atoms with E-state index in [9.17, 15) is 14.0 Å². The van der Waals surface area contributed by atoms with Gasteiger partial charge in [-0.2, -0.15) is 0 Å². The number of ketones is 1. The minimum Gasteiger partial charge on any atom is -0.494 e. The number of amidine groups is 1. The van der Waals surface area contributed by atoms with Crippen molar-refractivity contribution in [3.05, 3.63) is 114 Å². The van der Waals surface area contributed by atoms with E-state index in [1.165, 1.54) is 20.1 Å². The number of hydrazone groups is 1. The predicted molar refractivity (Wildman–Crippen MR) is 171 cm³/mol. The molecule has 5 rings (SSSR count). The van der Waals surface area contributed by atoms with Gasteiger partial charge in [0.25, 0.3) is 0 Å². The highest BCUT2D eigenvalue weighted by atomic mass is 19.1. The standard InChI is InChI=1S/C35H35FN4O4/c1-22(2)34(42)37-30-19-18-27(20-32(30)43-5)39-33(24(4)41)38-40(26-16-14-23(3)15-17-26)35(39)28-11-7-9-13-31(28)44-21-25-10-6-8-12-29(25)36/h6-20,22,35H,21H2,1-5H3,(H,37,42). The first kappa shape index (κ1) is 30.3. The normalized spacial score (nSPS) is 14.4. The van der Waals surface area contributed by atoms with Crippen LogP contribution in [0.25, 0.3) is 0 Å². The molecular formula is C35H35FN4O4. The van der Waals surface area contributed by atoms with Crippen molar-refractivity contribution < 1.29 is 23.5 Å². The fourth-order valence-corrected chi connectivity index (χ4v) is 4.91. The fraction of sp³-hybridized carbons (Fsp3) is 0.229. The van der Waals surface area contributed by atoms with Gasteiger partial charge in [0, 0.05) is 35.7 Å². The lowest BCUT2D eigenvalue weighted by molar-refractivity contribution is -0.119. The average Bonchev–Trinajstić information content (AvgIpc) is 3.42. The van der Waals surface area contributed by atoms with Crippen molar-refractivity contribution in [2.45, 2.75) is 40.5 Å². The molecule has 0 saturated carbocycles. The number of aryl methyl sites for hydroxylation is 1. The Balaban J connectivity index is 1.63. The van der Waals surface area contributed by atoms with Crippen LogP contribution >= 0.6 is 0 Å². The number of nitrogens with zero attached hydrogens (tertiary/aromatic N) is 3. The van der Waals surface area contributed by atoms with E-state index in [4.69, 9.17) is 14.6 Å². The Morgan fingerprint density at radius 2 is 1.61 bits per heavy atom. The molecule has 0 saturated heterocycles. The molecule has 1 amide bonds. The third-order valence-corrected chi connectivity index (χ3v) is 7.30. The summed E-state index contributed by atoms with van der Waals surface area (Å²) in [6.07, 6.45) is -0.658. The number of methoxy groups -OCH3 is 1. The first-order valence-corrected chi connectivity index (χ1v) is 14.4. The minimum absolute atomic E-state index is 0.0133. The summed E-state index contributed by atoms with van der Waals surface area (Å²) in [6, 6.07) is 27.1. The van der Waals surface area contributed by atoms with Gasteiger partial charge in [-0.25, -0.2) is 9.40 Å². The number of nitrogens with one attached hydrogen (secondary N) is 1. The molecule has 1 N–H and O–H groups in total. The van der Waals surface area contributed by atoms with E-state index < -0.39 is 6.17 Å². The molecule has 0 radical (unpaired) electrons. The summed E-state index contributed by atoms with van der Waals surface area (Å²) in [7, 11) is 1.52. The number of anilines is 3. The molecule has 0 spiro atoms. The van der Waals surface area contributed by atoms with Crippen LogP contribution < -0.4 is 24.7 Å².